The van der Waals surface area contributed by atoms with Gasteiger partial charge in [0.05, 0.1) is 87.0 Å². The number of nitrogens with zero attached hydrogens (tertiary/aromatic N) is 3. The van der Waals surface area contributed by atoms with Crippen LogP contribution in [0.25, 0.3) is 33.4 Å². The van der Waals surface area contributed by atoms with Crippen molar-refractivity contribution >= 4 is 39.1 Å². The molecule has 0 saturated carbocycles. The summed E-state index contributed by atoms with van der Waals surface area (Å²) in [5.41, 5.74) is 14.5. The number of ether oxygens (including phenoxy) is 18. The number of benzene rings is 8. The second-order valence-corrected chi connectivity index (χ2v) is 30.5. The van der Waals surface area contributed by atoms with Crippen LogP contribution in [0, 0.1) is 0 Å². The van der Waals surface area contributed by atoms with Crippen LogP contribution in [0.1, 0.15) is 118 Å². The van der Waals surface area contributed by atoms with E-state index in [-0.39, 0.29) is 43.1 Å². The number of carbonyl (C=O) groups excluding carboxylic acids is 3. The maximum Gasteiger partial charge on any atom is 0.343 e. The minimum absolute atomic E-state index is 0.0156. The van der Waals surface area contributed by atoms with E-state index in [0.717, 1.165) is 90.9 Å². The first-order valence-corrected chi connectivity index (χ1v) is 38.8. The Labute approximate surface area is 649 Å². The molecule has 29 heteroatoms. The molecule has 9 aliphatic rings. The first-order chi connectivity index (χ1) is 54.2. The van der Waals surface area contributed by atoms with Gasteiger partial charge in [-0.05, 0) is 133 Å². The second-order valence-electron chi connectivity index (χ2n) is 27.8. The Kier molecular flexibility index (Phi) is 19.7. The molecule has 0 bridgehead atoms. The fourth-order valence-corrected chi connectivity index (χ4v) is 18.6. The zero-order valence-corrected chi connectivity index (χ0v) is 65.3. The molecule has 0 saturated heterocycles. The molecule has 584 valence electrons. The SMILES string of the molecule is COc1ccc2c(c1OC)C(=O)O[C@@H]2[C@H]1c2c(c(-c3ccc(O)cc3)c3c(c2OC)OCO3)CCN1C.COc1ccc2c(c1OC)C(=O)O[C@@H]2[C@H]1c2c(c(-c3ccc(S(C)(=O)=O)cc3)c3c(c2OC)OCO3)CCN1C.COc1ccc2c(c1OC)C(=O)O[C@@H]2[C@H]1c2c(c(-c3ccsc3)c3c(c2OC)OCO3)CCN1C. The average molecular weight is 1570 g/mol. The number of phenols is 1. The van der Waals surface area contributed by atoms with Crippen LogP contribution in [0.15, 0.2) is 107 Å². The fraction of sp³-hybridized carbons (Fsp3) is 0.337. The van der Waals surface area contributed by atoms with Crippen molar-refractivity contribution in [1.82, 2.24) is 14.7 Å². The Bertz CT molecular complexity index is 5400. The predicted octanol–water partition coefficient (Wildman–Crippen LogP) is 12.8. The topological polar surface area (TPSA) is 281 Å². The number of carbonyl (C=O) groups is 3. The third kappa shape index (κ3) is 12.0. The smallest absolute Gasteiger partial charge is 0.343 e. The Morgan fingerprint density at radius 3 is 0.991 bits per heavy atom. The number of hydrogen-bond acceptors (Lipinski definition) is 28. The van der Waals surface area contributed by atoms with Crippen molar-refractivity contribution in [3.63, 3.8) is 0 Å². The molecule has 10 heterocycles. The van der Waals surface area contributed by atoms with Gasteiger partial charge in [-0.1, -0.05) is 42.5 Å². The molecule has 112 heavy (non-hydrogen) atoms. The van der Waals surface area contributed by atoms with Crippen molar-refractivity contribution in [1.29, 1.82) is 0 Å². The van der Waals surface area contributed by atoms with E-state index in [1.807, 2.05) is 57.5 Å². The summed E-state index contributed by atoms with van der Waals surface area (Å²) in [6.07, 6.45) is 1.49. The Balaban J connectivity index is 0.000000127. The monoisotopic (exact) mass is 1570 g/mol. The highest BCUT2D eigenvalue weighted by atomic mass is 32.2. The molecule has 27 nitrogen and oxygen atoms in total. The number of hydrogen-bond donors (Lipinski definition) is 1. The van der Waals surface area contributed by atoms with Gasteiger partial charge in [0.25, 0.3) is 0 Å². The van der Waals surface area contributed by atoms with Gasteiger partial charge >= 0.3 is 17.9 Å². The molecule has 9 aromatic rings. The van der Waals surface area contributed by atoms with Gasteiger partial charge in [0.1, 0.15) is 40.8 Å². The molecule has 1 N–H and O–H groups in total. The third-order valence-corrected chi connectivity index (χ3v) is 24.0. The first kappa shape index (κ1) is 74.6. The van der Waals surface area contributed by atoms with Crippen LogP contribution in [0.4, 0.5) is 0 Å². The van der Waals surface area contributed by atoms with Crippen LogP contribution in [0.3, 0.4) is 0 Å². The summed E-state index contributed by atoms with van der Waals surface area (Å²) in [4.78, 5) is 46.3. The number of rotatable bonds is 16. The summed E-state index contributed by atoms with van der Waals surface area (Å²) >= 11 is 1.63. The Morgan fingerprint density at radius 2 is 0.696 bits per heavy atom. The highest BCUT2D eigenvalue weighted by Gasteiger charge is 2.52. The largest absolute Gasteiger partial charge is 0.508 e. The van der Waals surface area contributed by atoms with Gasteiger partial charge in [-0.15, -0.1) is 0 Å². The molecule has 0 unspecified atom stereocenters. The van der Waals surface area contributed by atoms with Crippen LogP contribution in [0.2, 0.25) is 0 Å². The molecule has 0 radical (unpaired) electrons. The number of likely N-dealkylation sites (N-methyl/N-ethyl adjacent to an activating group) is 3. The summed E-state index contributed by atoms with van der Waals surface area (Å²) in [5, 5.41) is 14.0. The maximum absolute atomic E-state index is 13.2. The van der Waals surface area contributed by atoms with Gasteiger partial charge in [-0.2, -0.15) is 11.3 Å². The summed E-state index contributed by atoms with van der Waals surface area (Å²) < 4.78 is 129. The maximum atomic E-state index is 13.2. The summed E-state index contributed by atoms with van der Waals surface area (Å²) in [6, 6.07) is 25.7. The minimum atomic E-state index is -3.36. The van der Waals surface area contributed by atoms with Crippen LogP contribution >= 0.6 is 11.3 Å². The van der Waals surface area contributed by atoms with E-state index in [1.165, 1.54) is 41.8 Å². The number of sulfone groups is 1. The number of fused-ring (bicyclic) bond motifs is 9. The lowest BCUT2D eigenvalue weighted by Gasteiger charge is -2.39. The van der Waals surface area contributed by atoms with E-state index in [1.54, 1.807) is 88.3 Å². The molecule has 0 aliphatic carbocycles. The Morgan fingerprint density at radius 1 is 0.384 bits per heavy atom. The van der Waals surface area contributed by atoms with E-state index >= 15 is 0 Å². The molecule has 0 fully saturated rings. The van der Waals surface area contributed by atoms with E-state index in [0.29, 0.717) is 134 Å². The van der Waals surface area contributed by atoms with Crippen molar-refractivity contribution in [2.45, 2.75) is 60.6 Å². The van der Waals surface area contributed by atoms with Gasteiger partial charge in [0, 0.05) is 76.0 Å². The molecule has 1 aromatic heterocycles. The summed E-state index contributed by atoms with van der Waals surface area (Å²) in [7, 11) is 16.6. The fourth-order valence-electron chi connectivity index (χ4n) is 17.3. The average Bonchev–Trinajstić information content (AvgIpc) is 1.44. The quantitative estimate of drug-likeness (QED) is 0.0695. The van der Waals surface area contributed by atoms with Gasteiger partial charge < -0.3 is 90.4 Å². The van der Waals surface area contributed by atoms with E-state index < -0.39 is 52.1 Å². The number of thiophene rings is 1. The van der Waals surface area contributed by atoms with Crippen molar-refractivity contribution in [3.8, 4) is 125 Å². The number of phenolic OH excluding ortho intramolecular Hbond substituents is 1. The molecule has 18 rings (SSSR count). The summed E-state index contributed by atoms with van der Waals surface area (Å²) in [6.45, 7) is 2.35. The van der Waals surface area contributed by atoms with Crippen LogP contribution in [0.5, 0.6) is 92.0 Å². The van der Waals surface area contributed by atoms with Crippen molar-refractivity contribution < 1.29 is 113 Å². The van der Waals surface area contributed by atoms with Gasteiger partial charge in [-0.3, -0.25) is 14.7 Å². The normalized spacial score (nSPS) is 19.8. The lowest BCUT2D eigenvalue weighted by atomic mass is 9.81. The van der Waals surface area contributed by atoms with E-state index in [4.69, 9.17) is 85.3 Å². The molecule has 9 aliphatic heterocycles. The molecule has 0 spiro atoms. The Hall–Kier alpha value is -11.5. The lowest BCUT2D eigenvalue weighted by molar-refractivity contribution is 0.00809. The van der Waals surface area contributed by atoms with Crippen molar-refractivity contribution in [2.75, 3.05) is 131 Å². The number of aromatic hydroxyl groups is 1. The number of esters is 3. The lowest BCUT2D eigenvalue weighted by Crippen LogP contribution is -2.36. The highest BCUT2D eigenvalue weighted by Crippen LogP contribution is 2.64. The van der Waals surface area contributed by atoms with Crippen LogP contribution in [-0.4, -0.2) is 178 Å². The molecular formula is C83H81N3O24S2. The molecule has 8 aromatic carbocycles. The zero-order valence-electron chi connectivity index (χ0n) is 63.6. The van der Waals surface area contributed by atoms with Crippen LogP contribution < -0.4 is 71.1 Å². The van der Waals surface area contributed by atoms with E-state index in [2.05, 4.69) is 31.5 Å². The third-order valence-electron chi connectivity index (χ3n) is 22.2. The zero-order chi connectivity index (χ0) is 78.5. The number of methoxy groups -OCH3 is 9. The van der Waals surface area contributed by atoms with Crippen molar-refractivity contribution in [3.05, 3.63) is 169 Å². The second kappa shape index (κ2) is 29.6. The number of cyclic esters (lactones) is 3. The summed E-state index contributed by atoms with van der Waals surface area (Å²) in [5.74, 6) is 6.37. The van der Waals surface area contributed by atoms with Crippen LogP contribution in [-0.2, 0) is 43.3 Å². The predicted molar refractivity (Wildman–Crippen MR) is 407 cm³/mol. The van der Waals surface area contributed by atoms with E-state index in [9.17, 15) is 27.9 Å². The highest BCUT2D eigenvalue weighted by molar-refractivity contribution is 7.90. The van der Waals surface area contributed by atoms with Crippen molar-refractivity contribution in [2.24, 2.45) is 0 Å². The molecular weight excluding hydrogens is 1490 g/mol. The molecule has 6 atom stereocenters. The molecule has 0 amide bonds. The first-order valence-electron chi connectivity index (χ1n) is 35.9. The van der Waals surface area contributed by atoms with Gasteiger partial charge in [0.15, 0.2) is 78.8 Å². The standard InChI is InChI=1S/C29H29NO9S.C28H27NO8.C26H25NO7S/c1-30-13-12-17-20(15-6-8-16(9-7-15)40(5,32)33)27-28(38-14-37-27)26(36-4)21(17)23(30)24-18-10-11-19(34-2)25(35-3)22(18)29(31)39-24;1-29-12-11-16-19(14-5-7-15(30)8-6-14)26-27(36-13-35-26)25(34-4)20(16)22(29)23-17-9-10-18(32-2)24(33-3)21(17)28(31)37-23;1-27-9-7-14-17(13-8-10-35-11-13)24-25(33-12-32-24)23(31-4)18(14)20(27)21-15-5-6-16(29-2)22(30-3)19(15)26(28)34-21/h6-11,23-24H,12-14H2,1-5H3;5-10,22-23,30H,11-13H2,1-4H3;5-6,8,10-11,20-21H,7,9,12H2,1-4H3/t23-,24+;22-,23+;20-,21+/m111/s1. The van der Waals surface area contributed by atoms with Gasteiger partial charge in [-0.25, -0.2) is 22.8 Å². The van der Waals surface area contributed by atoms with Gasteiger partial charge in [0.2, 0.25) is 37.6 Å². The minimum Gasteiger partial charge on any atom is -0.508 e.